The van der Waals surface area contributed by atoms with Crippen LogP contribution >= 0.6 is 0 Å². The van der Waals surface area contributed by atoms with Crippen LogP contribution in [0, 0.1) is 13.8 Å². The minimum atomic E-state index is 0.786. The summed E-state index contributed by atoms with van der Waals surface area (Å²) in [6, 6.07) is 9.82. The van der Waals surface area contributed by atoms with Gasteiger partial charge in [0.2, 0.25) is 0 Å². The molecule has 0 saturated heterocycles. The molecule has 3 rings (SSSR count). The van der Waals surface area contributed by atoms with E-state index in [2.05, 4.69) is 42.7 Å². The summed E-state index contributed by atoms with van der Waals surface area (Å²) in [4.78, 5) is 0. The molecule has 0 N–H and O–H groups in total. The summed E-state index contributed by atoms with van der Waals surface area (Å²) in [5.41, 5.74) is 4.19. The van der Waals surface area contributed by atoms with E-state index in [-0.39, 0.29) is 0 Å². The van der Waals surface area contributed by atoms with Gasteiger partial charge in [-0.15, -0.1) is 0 Å². The maximum atomic E-state index is 2.50. The van der Waals surface area contributed by atoms with Gasteiger partial charge in [0, 0.05) is 17.3 Å². The number of nitrogens with zero attached hydrogens (tertiary/aromatic N) is 1. The van der Waals surface area contributed by atoms with Gasteiger partial charge in [0.05, 0.1) is 0 Å². The molecule has 1 saturated carbocycles. The summed E-state index contributed by atoms with van der Waals surface area (Å²) in [6.07, 6.45) is 2.72. The lowest BCUT2D eigenvalue weighted by molar-refractivity contribution is 0.749. The van der Waals surface area contributed by atoms with Crippen molar-refractivity contribution in [3.05, 3.63) is 35.5 Å². The van der Waals surface area contributed by atoms with Crippen molar-refractivity contribution in [3.8, 4) is 0 Å². The minimum absolute atomic E-state index is 0.786. The highest BCUT2D eigenvalue weighted by Gasteiger charge is 2.25. The zero-order chi connectivity index (χ0) is 9.71. The maximum Gasteiger partial charge on any atom is 0.0487 e. The number of fused-ring (bicyclic) bond motifs is 1. The van der Waals surface area contributed by atoms with Gasteiger partial charge in [-0.25, -0.2) is 0 Å². The van der Waals surface area contributed by atoms with Crippen molar-refractivity contribution in [1.82, 2.24) is 4.57 Å². The lowest BCUT2D eigenvalue weighted by Crippen LogP contribution is -1.95. The average molecular weight is 185 g/mol. The number of aryl methyl sites for hydroxylation is 2. The molecule has 1 heterocycles. The van der Waals surface area contributed by atoms with Gasteiger partial charge < -0.3 is 4.57 Å². The van der Waals surface area contributed by atoms with Crippen LogP contribution in [0.25, 0.3) is 10.9 Å². The highest BCUT2D eigenvalue weighted by atomic mass is 15.0. The lowest BCUT2D eigenvalue weighted by Gasteiger charge is -2.05. The van der Waals surface area contributed by atoms with Crippen LogP contribution in [0.5, 0.6) is 0 Å². The molecule has 1 heteroatoms. The molecule has 72 valence electrons. The molecule has 1 fully saturated rings. The molecule has 2 aromatic rings. The topological polar surface area (TPSA) is 4.93 Å². The molecule has 1 aromatic heterocycles. The normalized spacial score (nSPS) is 16.4. The molecular weight excluding hydrogens is 170 g/mol. The molecule has 0 bridgehead atoms. The Morgan fingerprint density at radius 3 is 2.64 bits per heavy atom. The Bertz CT molecular complexity index is 489. The summed E-state index contributed by atoms with van der Waals surface area (Å²) in [7, 11) is 0. The van der Waals surface area contributed by atoms with Gasteiger partial charge in [-0.2, -0.15) is 0 Å². The fraction of sp³-hybridized carbons (Fsp3) is 0.385. The van der Waals surface area contributed by atoms with E-state index < -0.39 is 0 Å². The molecule has 0 radical (unpaired) electrons. The molecular formula is C13H15N. The summed E-state index contributed by atoms with van der Waals surface area (Å²) < 4.78 is 2.50. The second-order valence-electron chi connectivity index (χ2n) is 4.45. The van der Waals surface area contributed by atoms with Crippen LogP contribution in [0.15, 0.2) is 24.3 Å². The third-order valence-corrected chi connectivity index (χ3v) is 3.10. The third-order valence-electron chi connectivity index (χ3n) is 3.10. The zero-order valence-electron chi connectivity index (χ0n) is 8.75. The Morgan fingerprint density at radius 1 is 1.14 bits per heavy atom. The van der Waals surface area contributed by atoms with Gasteiger partial charge in [0.15, 0.2) is 0 Å². The van der Waals surface area contributed by atoms with E-state index in [0.29, 0.717) is 0 Å². The van der Waals surface area contributed by atoms with Gasteiger partial charge in [-0.3, -0.25) is 0 Å². The molecule has 0 aliphatic heterocycles. The average Bonchev–Trinajstić information content (AvgIpc) is 2.90. The standard InChI is InChI=1S/C13H15N/c1-9-3-4-11-8-10(2)14(12-5-6-12)13(11)7-9/h3-4,7-8,12H,5-6H2,1-2H3. The Labute approximate surface area is 84.4 Å². The summed E-state index contributed by atoms with van der Waals surface area (Å²) in [5.74, 6) is 0. The van der Waals surface area contributed by atoms with Crippen molar-refractivity contribution in [2.45, 2.75) is 32.7 Å². The van der Waals surface area contributed by atoms with E-state index in [1.165, 1.54) is 35.0 Å². The Kier molecular flexibility index (Phi) is 1.52. The molecule has 1 aliphatic rings. The van der Waals surface area contributed by atoms with Crippen molar-refractivity contribution < 1.29 is 0 Å². The minimum Gasteiger partial charge on any atom is -0.342 e. The van der Waals surface area contributed by atoms with Crippen LogP contribution in [0.4, 0.5) is 0 Å². The summed E-state index contributed by atoms with van der Waals surface area (Å²) >= 11 is 0. The summed E-state index contributed by atoms with van der Waals surface area (Å²) in [6.45, 7) is 4.38. The molecule has 1 nitrogen and oxygen atoms in total. The van der Waals surface area contributed by atoms with Crippen LogP contribution in [-0.2, 0) is 0 Å². The second kappa shape index (κ2) is 2.63. The SMILES string of the molecule is Cc1ccc2cc(C)n(C3CC3)c2c1. The first-order chi connectivity index (χ1) is 6.75. The van der Waals surface area contributed by atoms with Gasteiger partial charge in [-0.05, 0) is 49.8 Å². The van der Waals surface area contributed by atoms with Crippen LogP contribution in [0.2, 0.25) is 0 Å². The van der Waals surface area contributed by atoms with Gasteiger partial charge in [0.25, 0.3) is 0 Å². The maximum absolute atomic E-state index is 2.50. The van der Waals surface area contributed by atoms with Crippen molar-refractivity contribution >= 4 is 10.9 Å². The highest BCUT2D eigenvalue weighted by molar-refractivity contribution is 5.82. The van der Waals surface area contributed by atoms with E-state index in [0.717, 1.165) is 6.04 Å². The Morgan fingerprint density at radius 2 is 1.93 bits per heavy atom. The first kappa shape index (κ1) is 8.10. The number of hydrogen-bond donors (Lipinski definition) is 0. The van der Waals surface area contributed by atoms with E-state index in [9.17, 15) is 0 Å². The quantitative estimate of drug-likeness (QED) is 0.639. The van der Waals surface area contributed by atoms with Crippen molar-refractivity contribution in [3.63, 3.8) is 0 Å². The fourth-order valence-corrected chi connectivity index (χ4v) is 2.29. The van der Waals surface area contributed by atoms with Crippen molar-refractivity contribution in [1.29, 1.82) is 0 Å². The predicted octanol–water partition coefficient (Wildman–Crippen LogP) is 3.59. The van der Waals surface area contributed by atoms with Crippen LogP contribution in [0.1, 0.15) is 30.1 Å². The Balaban J connectivity index is 2.34. The molecule has 0 spiro atoms. The number of hydrogen-bond acceptors (Lipinski definition) is 0. The fourth-order valence-electron chi connectivity index (χ4n) is 2.29. The number of benzene rings is 1. The molecule has 14 heavy (non-hydrogen) atoms. The monoisotopic (exact) mass is 185 g/mol. The molecule has 1 aliphatic carbocycles. The van der Waals surface area contributed by atoms with E-state index in [4.69, 9.17) is 0 Å². The van der Waals surface area contributed by atoms with Gasteiger partial charge in [0.1, 0.15) is 0 Å². The van der Waals surface area contributed by atoms with E-state index >= 15 is 0 Å². The van der Waals surface area contributed by atoms with E-state index in [1.54, 1.807) is 0 Å². The van der Waals surface area contributed by atoms with Gasteiger partial charge >= 0.3 is 0 Å². The molecule has 0 amide bonds. The van der Waals surface area contributed by atoms with Crippen LogP contribution in [-0.4, -0.2) is 4.57 Å². The summed E-state index contributed by atoms with van der Waals surface area (Å²) in [5, 5.41) is 1.39. The lowest BCUT2D eigenvalue weighted by atomic mass is 10.2. The van der Waals surface area contributed by atoms with Crippen LogP contribution < -0.4 is 0 Å². The highest BCUT2D eigenvalue weighted by Crippen LogP contribution is 2.39. The largest absolute Gasteiger partial charge is 0.342 e. The second-order valence-corrected chi connectivity index (χ2v) is 4.45. The van der Waals surface area contributed by atoms with E-state index in [1.807, 2.05) is 0 Å². The third kappa shape index (κ3) is 1.08. The predicted molar refractivity (Wildman–Crippen MR) is 59.7 cm³/mol. The van der Waals surface area contributed by atoms with Gasteiger partial charge in [-0.1, -0.05) is 12.1 Å². The first-order valence-electron chi connectivity index (χ1n) is 5.34. The van der Waals surface area contributed by atoms with Crippen molar-refractivity contribution in [2.24, 2.45) is 0 Å². The zero-order valence-corrected chi connectivity index (χ0v) is 8.75. The Hall–Kier alpha value is -1.24. The van der Waals surface area contributed by atoms with Crippen molar-refractivity contribution in [2.75, 3.05) is 0 Å². The number of rotatable bonds is 1. The smallest absolute Gasteiger partial charge is 0.0487 e. The first-order valence-corrected chi connectivity index (χ1v) is 5.34. The molecule has 0 atom stereocenters. The number of aromatic nitrogens is 1. The molecule has 1 aromatic carbocycles. The molecule has 0 unspecified atom stereocenters. The van der Waals surface area contributed by atoms with Crippen LogP contribution in [0.3, 0.4) is 0 Å².